The van der Waals surface area contributed by atoms with Crippen molar-refractivity contribution in [3.63, 3.8) is 0 Å². The minimum atomic E-state index is -0.0521. The van der Waals surface area contributed by atoms with Crippen LogP contribution in [0.1, 0.15) is 26.7 Å². The van der Waals surface area contributed by atoms with Crippen molar-refractivity contribution in [1.82, 2.24) is 10.6 Å². The molecule has 3 heteroatoms. The maximum Gasteiger partial charge on any atom is 0.314 e. The van der Waals surface area contributed by atoms with E-state index in [9.17, 15) is 4.79 Å². The van der Waals surface area contributed by atoms with E-state index in [1.165, 1.54) is 0 Å². The van der Waals surface area contributed by atoms with Gasteiger partial charge in [-0.3, -0.25) is 0 Å². The third-order valence-electron chi connectivity index (χ3n) is 1.07. The second-order valence-electron chi connectivity index (χ2n) is 2.18. The van der Waals surface area contributed by atoms with Crippen molar-refractivity contribution >= 4 is 6.03 Å². The zero-order chi connectivity index (χ0) is 7.82. The Balaban J connectivity index is 3.09. The Morgan fingerprint density at radius 3 is 1.80 bits per heavy atom. The summed E-state index contributed by atoms with van der Waals surface area (Å²) >= 11 is 0. The summed E-state index contributed by atoms with van der Waals surface area (Å²) in [6.45, 7) is 5.57. The van der Waals surface area contributed by atoms with E-state index in [1.54, 1.807) is 0 Å². The lowest BCUT2D eigenvalue weighted by Crippen LogP contribution is -2.36. The van der Waals surface area contributed by atoms with E-state index < -0.39 is 0 Å². The van der Waals surface area contributed by atoms with Gasteiger partial charge in [-0.15, -0.1) is 0 Å². The van der Waals surface area contributed by atoms with Gasteiger partial charge in [0.25, 0.3) is 0 Å². The molecule has 0 spiro atoms. The number of carbonyl (C=O) groups is 1. The van der Waals surface area contributed by atoms with E-state index >= 15 is 0 Å². The van der Waals surface area contributed by atoms with Crippen LogP contribution in [0.25, 0.3) is 0 Å². The molecule has 0 aliphatic carbocycles. The molecule has 10 heavy (non-hydrogen) atoms. The predicted molar refractivity (Wildman–Crippen MR) is 42.0 cm³/mol. The van der Waals surface area contributed by atoms with Gasteiger partial charge in [-0.05, 0) is 12.8 Å². The monoisotopic (exact) mass is 147 g/mol. The van der Waals surface area contributed by atoms with Gasteiger partial charge in [-0.2, -0.15) is 0 Å². The van der Waals surface area contributed by atoms with Crippen LogP contribution in [-0.2, 0) is 0 Å². The van der Waals surface area contributed by atoms with Crippen molar-refractivity contribution in [2.24, 2.45) is 0 Å². The predicted octanol–water partition coefficient (Wildman–Crippen LogP) is 1.11. The molecule has 0 unspecified atom stereocenters. The van der Waals surface area contributed by atoms with Crippen molar-refractivity contribution in [3.05, 3.63) is 0 Å². The van der Waals surface area contributed by atoms with Gasteiger partial charge in [0.1, 0.15) is 0 Å². The normalized spacial score (nSPS) is 9.00. The van der Waals surface area contributed by atoms with Crippen molar-refractivity contribution in [3.8, 4) is 0 Å². The summed E-state index contributed by atoms with van der Waals surface area (Å²) in [6, 6.07) is -0.0521. The standard InChI is InChI=1S/C7H16N2O/c1-3-5-8-7(10)9-6-4-2/h3-6H2,1-2H3,(H2,8,9,10)/i7+1,8+1,9+1. The van der Waals surface area contributed by atoms with Crippen LogP contribution in [0.4, 0.5) is 4.79 Å². The number of amides is 2. The average Bonchev–Trinajstić information content (AvgIpc) is 1.97. The molecule has 0 aromatic carbocycles. The molecule has 0 fully saturated rings. The van der Waals surface area contributed by atoms with Crippen LogP contribution in [0.3, 0.4) is 0 Å². The van der Waals surface area contributed by atoms with Gasteiger partial charge >= 0.3 is 6.03 Å². The number of hydrogen-bond acceptors (Lipinski definition) is 1. The maximum absolute atomic E-state index is 10.7. The molecule has 0 aromatic rings. The first kappa shape index (κ1) is 9.27. The molecule has 0 aliphatic heterocycles. The maximum atomic E-state index is 10.7. The third kappa shape index (κ3) is 5.41. The molecule has 3 nitrogen and oxygen atoms in total. The Morgan fingerprint density at radius 1 is 1.10 bits per heavy atom. The van der Waals surface area contributed by atoms with Crippen molar-refractivity contribution in [2.45, 2.75) is 26.7 Å². The highest BCUT2D eigenvalue weighted by atomic mass is 16.3. The minimum absolute atomic E-state index is 0.0521. The summed E-state index contributed by atoms with van der Waals surface area (Å²) in [7, 11) is 0. The molecular formula is C7H16N2O. The van der Waals surface area contributed by atoms with Crippen LogP contribution in [0, 0.1) is 0 Å². The summed E-state index contributed by atoms with van der Waals surface area (Å²) in [6.07, 6.45) is 1.97. The van der Waals surface area contributed by atoms with Crippen LogP contribution in [0.15, 0.2) is 0 Å². The molecule has 0 saturated carbocycles. The van der Waals surface area contributed by atoms with E-state index in [4.69, 9.17) is 0 Å². The Kier molecular flexibility index (Phi) is 5.92. The SMILES string of the molecule is CCC[15NH][13C](=O)[15NH]CCC. The highest BCUT2D eigenvalue weighted by Crippen LogP contribution is 1.72. The van der Waals surface area contributed by atoms with E-state index in [0.717, 1.165) is 25.9 Å². The molecule has 0 radical (unpaired) electrons. The van der Waals surface area contributed by atoms with Gasteiger partial charge in [0, 0.05) is 13.1 Å². The number of hydrogen-bond donors (Lipinski definition) is 2. The zero-order valence-electron chi connectivity index (χ0n) is 6.74. The molecule has 0 bridgehead atoms. The molecule has 2 N–H and O–H groups in total. The first-order valence-electron chi connectivity index (χ1n) is 3.83. The van der Waals surface area contributed by atoms with Gasteiger partial charge in [-0.25, -0.2) is 4.79 Å². The Bertz CT molecular complexity index is 83.6. The topological polar surface area (TPSA) is 41.1 Å². The van der Waals surface area contributed by atoms with Crippen LogP contribution in [-0.4, -0.2) is 19.1 Å². The summed E-state index contributed by atoms with van der Waals surface area (Å²) in [4.78, 5) is 10.7. The van der Waals surface area contributed by atoms with E-state index in [1.807, 2.05) is 13.8 Å². The Hall–Kier alpha value is -0.730. The summed E-state index contributed by atoms with van der Waals surface area (Å²) in [5.74, 6) is 0. The minimum Gasteiger partial charge on any atom is -0.338 e. The molecule has 0 atom stereocenters. The quantitative estimate of drug-likeness (QED) is 0.454. The van der Waals surface area contributed by atoms with E-state index in [2.05, 4.69) is 10.6 Å². The highest BCUT2D eigenvalue weighted by molar-refractivity contribution is 5.73. The van der Waals surface area contributed by atoms with Gasteiger partial charge in [0.2, 0.25) is 0 Å². The molecule has 0 aromatic heterocycles. The van der Waals surface area contributed by atoms with Gasteiger partial charge in [-0.1, -0.05) is 13.8 Å². The second kappa shape index (κ2) is 6.39. The molecule has 0 saturated heterocycles. The van der Waals surface area contributed by atoms with Crippen molar-refractivity contribution in [1.29, 1.82) is 0 Å². The lowest BCUT2D eigenvalue weighted by molar-refractivity contribution is 0.241. The Morgan fingerprint density at radius 2 is 1.50 bits per heavy atom. The Labute approximate surface area is 62.2 Å². The van der Waals surface area contributed by atoms with Crippen molar-refractivity contribution in [2.75, 3.05) is 13.1 Å². The largest absolute Gasteiger partial charge is 0.338 e. The second-order valence-corrected chi connectivity index (χ2v) is 2.18. The number of carbonyl (C=O) groups excluding carboxylic acids is 1. The van der Waals surface area contributed by atoms with Gasteiger partial charge in [0.15, 0.2) is 0 Å². The molecule has 0 rings (SSSR count). The summed E-state index contributed by atoms with van der Waals surface area (Å²) in [5.41, 5.74) is 0. The molecule has 0 aliphatic rings. The summed E-state index contributed by atoms with van der Waals surface area (Å²) < 4.78 is 0. The van der Waals surface area contributed by atoms with Crippen LogP contribution in [0.5, 0.6) is 0 Å². The van der Waals surface area contributed by atoms with Crippen LogP contribution in [0.2, 0.25) is 0 Å². The fraction of sp³-hybridized carbons (Fsp3) is 0.857. The molecule has 60 valence electrons. The average molecular weight is 147 g/mol. The van der Waals surface area contributed by atoms with Gasteiger partial charge in [0.05, 0.1) is 0 Å². The van der Waals surface area contributed by atoms with E-state index in [-0.39, 0.29) is 6.03 Å². The van der Waals surface area contributed by atoms with Gasteiger partial charge < -0.3 is 10.6 Å². The number of nitrogens with one attached hydrogen (secondary N) is 2. The lowest BCUT2D eigenvalue weighted by atomic mass is 10.5. The molecular weight excluding hydrogens is 131 g/mol. The number of rotatable bonds is 4. The highest BCUT2D eigenvalue weighted by Gasteiger charge is 1.93. The van der Waals surface area contributed by atoms with E-state index in [0.29, 0.717) is 0 Å². The van der Waals surface area contributed by atoms with Crippen LogP contribution >= 0.6 is 0 Å². The first-order chi connectivity index (χ1) is 4.81. The fourth-order valence-electron chi connectivity index (χ4n) is 0.540. The zero-order valence-corrected chi connectivity index (χ0v) is 6.74. The first-order valence-corrected chi connectivity index (χ1v) is 3.83. The summed E-state index contributed by atoms with van der Waals surface area (Å²) in [5, 5.41) is 5.43. The smallest absolute Gasteiger partial charge is 0.314 e. The van der Waals surface area contributed by atoms with Crippen molar-refractivity contribution < 1.29 is 4.79 Å². The third-order valence-corrected chi connectivity index (χ3v) is 1.07. The molecule has 2 amide bonds. The number of urea groups is 1. The lowest BCUT2D eigenvalue weighted by Gasteiger charge is -2.03. The fourth-order valence-corrected chi connectivity index (χ4v) is 0.540. The molecule has 0 heterocycles. The van der Waals surface area contributed by atoms with Crippen LogP contribution < -0.4 is 10.6 Å².